The van der Waals surface area contributed by atoms with Gasteiger partial charge in [0, 0.05) is 22.7 Å². The molecule has 4 nitrogen and oxygen atoms in total. The lowest BCUT2D eigenvalue weighted by Crippen LogP contribution is -2.33. The van der Waals surface area contributed by atoms with Gasteiger partial charge in [-0.15, -0.1) is 0 Å². The van der Waals surface area contributed by atoms with Crippen LogP contribution >= 0.6 is 0 Å². The Morgan fingerprint density at radius 1 is 1.20 bits per heavy atom. The first-order chi connectivity index (χ1) is 9.74. The van der Waals surface area contributed by atoms with Crippen LogP contribution in [-0.4, -0.2) is 15.2 Å². The summed E-state index contributed by atoms with van der Waals surface area (Å²) in [4.78, 5) is 15.3. The van der Waals surface area contributed by atoms with Gasteiger partial charge in [0.15, 0.2) is 0 Å². The van der Waals surface area contributed by atoms with Crippen LogP contribution in [0.1, 0.15) is 24.0 Å². The third kappa shape index (κ3) is 1.65. The highest BCUT2D eigenvalue weighted by Crippen LogP contribution is 2.26. The first-order valence-electron chi connectivity index (χ1n) is 6.81. The minimum Gasteiger partial charge on any atom is -0.360 e. The van der Waals surface area contributed by atoms with Gasteiger partial charge in [0.2, 0.25) is 0 Å². The number of hydrogen-bond acceptors (Lipinski definition) is 1. The Balaban J connectivity index is 2.05. The summed E-state index contributed by atoms with van der Waals surface area (Å²) in [6.07, 6.45) is 6.10. The molecular weight excluding hydrogens is 250 g/mol. The second kappa shape index (κ2) is 4.00. The van der Waals surface area contributed by atoms with Crippen LogP contribution in [0.3, 0.4) is 0 Å². The number of rotatable bonds is 1. The second-order valence-electron chi connectivity index (χ2n) is 5.36. The van der Waals surface area contributed by atoms with Crippen LogP contribution in [0.4, 0.5) is 0 Å². The molecule has 0 atom stereocenters. The summed E-state index contributed by atoms with van der Waals surface area (Å²) >= 11 is 0. The van der Waals surface area contributed by atoms with Gasteiger partial charge in [-0.1, -0.05) is 18.2 Å². The number of benzene rings is 1. The molecule has 100 valence electrons. The van der Waals surface area contributed by atoms with Crippen LogP contribution in [0.5, 0.6) is 0 Å². The molecular formula is C16H15N3O. The molecule has 2 aromatic heterocycles. The summed E-state index contributed by atoms with van der Waals surface area (Å²) in [5, 5.41) is 8.54. The summed E-state index contributed by atoms with van der Waals surface area (Å²) in [5.74, 6) is 0. The van der Waals surface area contributed by atoms with Crippen LogP contribution < -0.4 is 16.1 Å². The van der Waals surface area contributed by atoms with Crippen molar-refractivity contribution in [1.82, 2.24) is 15.2 Å². The minimum absolute atomic E-state index is 0.0543. The first kappa shape index (κ1) is 11.3. The Morgan fingerprint density at radius 2 is 2.05 bits per heavy atom. The maximum absolute atomic E-state index is 12.0. The monoisotopic (exact) mass is 265 g/mol. The van der Waals surface area contributed by atoms with E-state index >= 15 is 0 Å². The third-order valence-corrected chi connectivity index (χ3v) is 3.92. The predicted molar refractivity (Wildman–Crippen MR) is 79.9 cm³/mol. The third-order valence-electron chi connectivity index (χ3n) is 3.92. The van der Waals surface area contributed by atoms with E-state index < -0.39 is 0 Å². The molecule has 3 N–H and O–H groups in total. The smallest absolute Gasteiger partial charge is 0.271 e. The van der Waals surface area contributed by atoms with Gasteiger partial charge in [0.25, 0.3) is 5.56 Å². The van der Waals surface area contributed by atoms with E-state index in [0.717, 1.165) is 39.9 Å². The van der Waals surface area contributed by atoms with Crippen molar-refractivity contribution in [3.05, 3.63) is 56.4 Å². The molecule has 1 aliphatic carbocycles. The molecule has 3 aromatic rings. The zero-order chi connectivity index (χ0) is 13.7. The van der Waals surface area contributed by atoms with Crippen molar-refractivity contribution in [2.24, 2.45) is 0 Å². The van der Waals surface area contributed by atoms with Crippen LogP contribution in [-0.2, 0) is 0 Å². The average Bonchev–Trinajstić information content (AvgIpc) is 3.10. The highest BCUT2D eigenvalue weighted by atomic mass is 16.1. The fraction of sp³-hybridized carbons (Fsp3) is 0.188. The highest BCUT2D eigenvalue weighted by molar-refractivity contribution is 5.90. The molecule has 0 radical (unpaired) electrons. The SMILES string of the molecule is Cc1cccc2c(C=c3c(=O)[nH][nH]c3=C3CC3)c[nH]c12. The van der Waals surface area contributed by atoms with Crippen molar-refractivity contribution in [3.8, 4) is 0 Å². The van der Waals surface area contributed by atoms with Gasteiger partial charge in [0.05, 0.1) is 10.6 Å². The Bertz CT molecular complexity index is 979. The highest BCUT2D eigenvalue weighted by Gasteiger charge is 2.14. The van der Waals surface area contributed by atoms with Gasteiger partial charge >= 0.3 is 0 Å². The zero-order valence-corrected chi connectivity index (χ0v) is 11.2. The summed E-state index contributed by atoms with van der Waals surface area (Å²) in [6, 6.07) is 6.20. The molecule has 4 heteroatoms. The lowest BCUT2D eigenvalue weighted by Gasteiger charge is -1.95. The molecule has 2 heterocycles. The maximum atomic E-state index is 12.0. The van der Waals surface area contributed by atoms with Crippen molar-refractivity contribution in [1.29, 1.82) is 0 Å². The zero-order valence-electron chi connectivity index (χ0n) is 11.2. The lowest BCUT2D eigenvalue weighted by atomic mass is 10.1. The van der Waals surface area contributed by atoms with Crippen molar-refractivity contribution < 1.29 is 0 Å². The largest absolute Gasteiger partial charge is 0.360 e. The van der Waals surface area contributed by atoms with Crippen LogP contribution in [0.15, 0.2) is 29.2 Å². The van der Waals surface area contributed by atoms with E-state index in [1.54, 1.807) is 0 Å². The number of fused-ring (bicyclic) bond motifs is 1. The van der Waals surface area contributed by atoms with Crippen molar-refractivity contribution in [2.75, 3.05) is 0 Å². The summed E-state index contributed by atoms with van der Waals surface area (Å²) < 4.78 is 0. The van der Waals surface area contributed by atoms with E-state index in [1.807, 2.05) is 18.3 Å². The van der Waals surface area contributed by atoms with Crippen LogP contribution in [0.2, 0.25) is 0 Å². The van der Waals surface area contributed by atoms with Crippen molar-refractivity contribution >= 4 is 22.6 Å². The van der Waals surface area contributed by atoms with Gasteiger partial charge in [-0.3, -0.25) is 15.0 Å². The van der Waals surface area contributed by atoms with Gasteiger partial charge < -0.3 is 4.98 Å². The molecule has 0 unspecified atom stereocenters. The van der Waals surface area contributed by atoms with Gasteiger partial charge in [-0.25, -0.2) is 0 Å². The standard InChI is InChI=1S/C16H15N3O/c1-9-3-2-4-12-11(8-17-14(9)12)7-13-15(10-5-6-10)18-19-16(13)20/h2-4,7-8,17-18H,5-6H2,1H3,(H,19,20). The van der Waals surface area contributed by atoms with Crippen LogP contribution in [0, 0.1) is 6.92 Å². The Morgan fingerprint density at radius 3 is 2.85 bits per heavy atom. The fourth-order valence-electron chi connectivity index (χ4n) is 2.70. The number of H-pyrrole nitrogens is 3. The fourth-order valence-corrected chi connectivity index (χ4v) is 2.70. The molecule has 0 amide bonds. The van der Waals surface area contributed by atoms with Crippen molar-refractivity contribution in [3.63, 3.8) is 0 Å². The molecule has 1 aromatic carbocycles. The minimum atomic E-state index is -0.0543. The van der Waals surface area contributed by atoms with E-state index in [2.05, 4.69) is 34.2 Å². The molecule has 0 bridgehead atoms. The number of aromatic nitrogens is 3. The Kier molecular flexibility index (Phi) is 2.27. The number of aryl methyl sites for hydroxylation is 1. The summed E-state index contributed by atoms with van der Waals surface area (Å²) in [6.45, 7) is 2.08. The van der Waals surface area contributed by atoms with Crippen LogP contribution in [0.25, 0.3) is 22.6 Å². The number of nitrogens with one attached hydrogen (secondary N) is 3. The number of aromatic amines is 3. The van der Waals surface area contributed by atoms with E-state index in [4.69, 9.17) is 0 Å². The summed E-state index contributed by atoms with van der Waals surface area (Å²) in [5.41, 5.74) is 4.66. The molecule has 1 aliphatic rings. The molecule has 20 heavy (non-hydrogen) atoms. The predicted octanol–water partition coefficient (Wildman–Crippen LogP) is 1.27. The van der Waals surface area contributed by atoms with Gasteiger partial charge in [-0.05, 0) is 37.0 Å². The first-order valence-corrected chi connectivity index (χ1v) is 6.81. The van der Waals surface area contributed by atoms with E-state index in [9.17, 15) is 4.79 Å². The van der Waals surface area contributed by atoms with E-state index in [-0.39, 0.29) is 5.56 Å². The quantitative estimate of drug-likeness (QED) is 0.609. The van der Waals surface area contributed by atoms with Crippen molar-refractivity contribution in [2.45, 2.75) is 19.8 Å². The molecule has 0 spiro atoms. The normalized spacial score (nSPS) is 15.2. The molecule has 1 saturated carbocycles. The number of para-hydroxylation sites is 1. The topological polar surface area (TPSA) is 64.4 Å². The van der Waals surface area contributed by atoms with Gasteiger partial charge in [0.1, 0.15) is 0 Å². The Hall–Kier alpha value is -2.49. The molecule has 0 saturated heterocycles. The number of hydrogen-bond donors (Lipinski definition) is 3. The summed E-state index contributed by atoms with van der Waals surface area (Å²) in [7, 11) is 0. The van der Waals surface area contributed by atoms with E-state index in [1.165, 1.54) is 11.1 Å². The van der Waals surface area contributed by atoms with Gasteiger partial charge in [-0.2, -0.15) is 0 Å². The molecule has 0 aliphatic heterocycles. The second-order valence-corrected chi connectivity index (χ2v) is 5.36. The molecule has 4 rings (SSSR count). The Labute approximate surface area is 114 Å². The maximum Gasteiger partial charge on any atom is 0.271 e. The lowest BCUT2D eigenvalue weighted by molar-refractivity contribution is 1.03. The average molecular weight is 265 g/mol. The molecule has 1 fully saturated rings. The van der Waals surface area contributed by atoms with E-state index in [0.29, 0.717) is 0 Å².